The predicted molar refractivity (Wildman–Crippen MR) is 64.4 cm³/mol. The summed E-state index contributed by atoms with van der Waals surface area (Å²) in [6.07, 6.45) is -4.24. The van der Waals surface area contributed by atoms with E-state index in [1.165, 1.54) is 4.90 Å². The van der Waals surface area contributed by atoms with Gasteiger partial charge in [-0.3, -0.25) is 0 Å². The van der Waals surface area contributed by atoms with Crippen molar-refractivity contribution in [1.29, 1.82) is 5.26 Å². The molecule has 0 amide bonds. The summed E-state index contributed by atoms with van der Waals surface area (Å²) in [7, 11) is 0. The predicted octanol–water partition coefficient (Wildman–Crippen LogP) is 3.64. The van der Waals surface area contributed by atoms with Crippen molar-refractivity contribution in [1.82, 2.24) is 0 Å². The van der Waals surface area contributed by atoms with Crippen molar-refractivity contribution in [2.24, 2.45) is 0 Å². The van der Waals surface area contributed by atoms with E-state index in [-0.39, 0.29) is 6.04 Å². The maximum Gasteiger partial charge on any atom is 0.405 e. The Labute approximate surface area is 105 Å². The van der Waals surface area contributed by atoms with E-state index in [0.29, 0.717) is 16.8 Å². The fraction of sp³-hybridized carbons (Fsp3) is 0.462. The van der Waals surface area contributed by atoms with E-state index in [0.717, 1.165) is 0 Å². The lowest BCUT2D eigenvalue weighted by atomic mass is 10.1. The summed E-state index contributed by atoms with van der Waals surface area (Å²) in [6, 6.07) is 6.45. The van der Waals surface area contributed by atoms with Gasteiger partial charge in [0.2, 0.25) is 0 Å². The molecule has 5 heteroatoms. The molecular weight excluding hydrogens is 241 g/mol. The highest BCUT2D eigenvalue weighted by molar-refractivity contribution is 5.54. The van der Waals surface area contributed by atoms with Crippen molar-refractivity contribution in [3.05, 3.63) is 29.3 Å². The third kappa shape index (κ3) is 3.66. The topological polar surface area (TPSA) is 27.0 Å². The number of anilines is 1. The lowest BCUT2D eigenvalue weighted by Gasteiger charge is -2.30. The average Bonchev–Trinajstić information content (AvgIpc) is 2.24. The maximum atomic E-state index is 12.5. The molecule has 0 fully saturated rings. The van der Waals surface area contributed by atoms with Gasteiger partial charge in [0, 0.05) is 11.7 Å². The highest BCUT2D eigenvalue weighted by atomic mass is 19.4. The van der Waals surface area contributed by atoms with Crippen LogP contribution in [0, 0.1) is 18.3 Å². The molecule has 0 aliphatic rings. The zero-order chi connectivity index (χ0) is 13.9. The number of nitrogens with zero attached hydrogens (tertiary/aromatic N) is 2. The Balaban J connectivity index is 3.08. The van der Waals surface area contributed by atoms with E-state index in [2.05, 4.69) is 0 Å². The molecule has 0 saturated heterocycles. The van der Waals surface area contributed by atoms with E-state index < -0.39 is 12.7 Å². The summed E-state index contributed by atoms with van der Waals surface area (Å²) >= 11 is 0. The first-order valence-corrected chi connectivity index (χ1v) is 5.58. The van der Waals surface area contributed by atoms with Crippen LogP contribution in [0.4, 0.5) is 18.9 Å². The van der Waals surface area contributed by atoms with Crippen LogP contribution in [-0.4, -0.2) is 18.8 Å². The van der Waals surface area contributed by atoms with Gasteiger partial charge in [-0.1, -0.05) is 0 Å². The van der Waals surface area contributed by atoms with Crippen molar-refractivity contribution in [3.63, 3.8) is 0 Å². The maximum absolute atomic E-state index is 12.5. The molecule has 18 heavy (non-hydrogen) atoms. The van der Waals surface area contributed by atoms with E-state index in [9.17, 15) is 13.2 Å². The average molecular weight is 256 g/mol. The zero-order valence-corrected chi connectivity index (χ0v) is 10.5. The van der Waals surface area contributed by atoms with Crippen molar-refractivity contribution in [3.8, 4) is 6.07 Å². The zero-order valence-electron chi connectivity index (χ0n) is 10.5. The second-order valence-corrected chi connectivity index (χ2v) is 4.45. The van der Waals surface area contributed by atoms with Gasteiger partial charge in [-0.05, 0) is 44.5 Å². The molecule has 1 rings (SSSR count). The van der Waals surface area contributed by atoms with Gasteiger partial charge < -0.3 is 4.90 Å². The van der Waals surface area contributed by atoms with E-state index >= 15 is 0 Å². The number of benzene rings is 1. The smallest absolute Gasteiger partial charge is 0.360 e. The van der Waals surface area contributed by atoms with Gasteiger partial charge in [0.05, 0.1) is 11.6 Å². The molecule has 0 spiro atoms. The minimum absolute atomic E-state index is 0.265. The fourth-order valence-corrected chi connectivity index (χ4v) is 1.72. The normalized spacial score (nSPS) is 11.4. The van der Waals surface area contributed by atoms with Crippen LogP contribution in [0.5, 0.6) is 0 Å². The summed E-state index contributed by atoms with van der Waals surface area (Å²) in [5.74, 6) is 0. The molecule has 0 atom stereocenters. The first-order chi connectivity index (χ1) is 8.24. The Bertz CT molecular complexity index is 458. The van der Waals surface area contributed by atoms with Crippen LogP contribution < -0.4 is 4.90 Å². The molecule has 0 aliphatic carbocycles. The molecule has 0 N–H and O–H groups in total. The molecular formula is C13H15F3N2. The number of hydrogen-bond donors (Lipinski definition) is 0. The molecule has 0 unspecified atom stereocenters. The van der Waals surface area contributed by atoms with Gasteiger partial charge >= 0.3 is 6.18 Å². The Kier molecular flexibility index (Phi) is 4.23. The van der Waals surface area contributed by atoms with Crippen LogP contribution in [0.1, 0.15) is 25.0 Å². The first-order valence-electron chi connectivity index (χ1n) is 5.58. The molecule has 1 aromatic rings. The van der Waals surface area contributed by atoms with Crippen LogP contribution in [0.15, 0.2) is 18.2 Å². The van der Waals surface area contributed by atoms with Gasteiger partial charge in [-0.25, -0.2) is 0 Å². The summed E-state index contributed by atoms with van der Waals surface area (Å²) < 4.78 is 37.5. The molecule has 98 valence electrons. The van der Waals surface area contributed by atoms with Crippen LogP contribution in [0.25, 0.3) is 0 Å². The van der Waals surface area contributed by atoms with Crippen molar-refractivity contribution < 1.29 is 13.2 Å². The van der Waals surface area contributed by atoms with Crippen LogP contribution >= 0.6 is 0 Å². The number of nitriles is 1. The first kappa shape index (κ1) is 14.4. The Morgan fingerprint density at radius 1 is 1.33 bits per heavy atom. The monoisotopic (exact) mass is 256 g/mol. The quantitative estimate of drug-likeness (QED) is 0.825. The number of rotatable bonds is 3. The highest BCUT2D eigenvalue weighted by Crippen LogP contribution is 2.25. The van der Waals surface area contributed by atoms with Gasteiger partial charge in [0.15, 0.2) is 0 Å². The lowest BCUT2D eigenvalue weighted by Crippen LogP contribution is -2.39. The van der Waals surface area contributed by atoms with Crippen LogP contribution in [0.3, 0.4) is 0 Å². The van der Waals surface area contributed by atoms with Gasteiger partial charge in [0.25, 0.3) is 0 Å². The summed E-state index contributed by atoms with van der Waals surface area (Å²) in [4.78, 5) is 1.27. The van der Waals surface area contributed by atoms with Crippen molar-refractivity contribution in [2.45, 2.75) is 33.0 Å². The Morgan fingerprint density at radius 3 is 2.33 bits per heavy atom. The lowest BCUT2D eigenvalue weighted by molar-refractivity contribution is -0.120. The number of hydrogen-bond acceptors (Lipinski definition) is 2. The minimum atomic E-state index is -4.24. The molecule has 1 aromatic carbocycles. The Hall–Kier alpha value is -1.70. The van der Waals surface area contributed by atoms with Gasteiger partial charge in [-0.15, -0.1) is 0 Å². The standard InChI is InChI=1S/C13H15F3N2/c1-9(2)18(8-13(14,15)16)12-5-4-11(7-17)10(3)6-12/h4-6,9H,8H2,1-3H3. The summed E-state index contributed by atoms with van der Waals surface area (Å²) in [5, 5.41) is 8.80. The molecule has 0 saturated carbocycles. The molecule has 0 bridgehead atoms. The van der Waals surface area contributed by atoms with E-state index in [1.807, 2.05) is 6.07 Å². The van der Waals surface area contributed by atoms with Crippen LogP contribution in [0.2, 0.25) is 0 Å². The minimum Gasteiger partial charge on any atom is -0.360 e. The van der Waals surface area contributed by atoms with Crippen molar-refractivity contribution in [2.75, 3.05) is 11.4 Å². The third-order valence-corrected chi connectivity index (χ3v) is 2.64. The van der Waals surface area contributed by atoms with Crippen LogP contribution in [-0.2, 0) is 0 Å². The molecule has 2 nitrogen and oxygen atoms in total. The molecule has 0 heterocycles. The number of halogens is 3. The second kappa shape index (κ2) is 5.30. The second-order valence-electron chi connectivity index (χ2n) is 4.45. The van der Waals surface area contributed by atoms with Gasteiger partial charge in [0.1, 0.15) is 6.54 Å². The van der Waals surface area contributed by atoms with E-state index in [1.54, 1.807) is 39.0 Å². The fourth-order valence-electron chi connectivity index (χ4n) is 1.72. The molecule has 0 aliphatic heterocycles. The number of alkyl halides is 3. The summed E-state index contributed by atoms with van der Waals surface area (Å²) in [5.41, 5.74) is 1.65. The molecule has 0 aromatic heterocycles. The van der Waals surface area contributed by atoms with E-state index in [4.69, 9.17) is 5.26 Å². The SMILES string of the molecule is Cc1cc(N(CC(F)(F)F)C(C)C)ccc1C#N. The Morgan fingerprint density at radius 2 is 1.94 bits per heavy atom. The summed E-state index contributed by atoms with van der Waals surface area (Å²) in [6.45, 7) is 4.14. The highest BCUT2D eigenvalue weighted by Gasteiger charge is 2.32. The molecule has 0 radical (unpaired) electrons. The van der Waals surface area contributed by atoms with Gasteiger partial charge in [-0.2, -0.15) is 18.4 Å². The number of aryl methyl sites for hydroxylation is 1. The largest absolute Gasteiger partial charge is 0.405 e. The van der Waals surface area contributed by atoms with Crippen molar-refractivity contribution >= 4 is 5.69 Å². The third-order valence-electron chi connectivity index (χ3n) is 2.64.